The zero-order valence-corrected chi connectivity index (χ0v) is 11.8. The Morgan fingerprint density at radius 1 is 0.909 bits per heavy atom. The normalized spacial score (nSPS) is 10.4. The summed E-state index contributed by atoms with van der Waals surface area (Å²) in [7, 11) is 0. The number of aromatic hydroxyl groups is 1. The Balaban J connectivity index is 1.73. The van der Waals surface area contributed by atoms with Gasteiger partial charge in [-0.25, -0.2) is 4.79 Å². The Hall–Kier alpha value is -3.01. The van der Waals surface area contributed by atoms with E-state index in [0.29, 0.717) is 11.1 Å². The Morgan fingerprint density at radius 2 is 1.64 bits per heavy atom. The highest BCUT2D eigenvalue weighted by Gasteiger charge is 2.08. The zero-order valence-electron chi connectivity index (χ0n) is 11.8. The van der Waals surface area contributed by atoms with Crippen LogP contribution in [0.5, 0.6) is 5.75 Å². The van der Waals surface area contributed by atoms with Gasteiger partial charge in [0.25, 0.3) is 0 Å². The molecule has 0 aliphatic heterocycles. The van der Waals surface area contributed by atoms with Gasteiger partial charge < -0.3 is 9.84 Å². The van der Waals surface area contributed by atoms with Crippen LogP contribution in [0.4, 0.5) is 10.5 Å². The Bertz CT molecular complexity index is 800. The Kier molecular flexibility index (Phi) is 3.92. The maximum absolute atomic E-state index is 11.9. The van der Waals surface area contributed by atoms with Crippen molar-refractivity contribution in [2.75, 3.05) is 5.32 Å². The van der Waals surface area contributed by atoms with Crippen molar-refractivity contribution in [2.24, 2.45) is 0 Å². The molecule has 3 rings (SSSR count). The molecule has 0 spiro atoms. The number of benzene rings is 3. The van der Waals surface area contributed by atoms with Gasteiger partial charge in [-0.15, -0.1) is 0 Å². The fraction of sp³-hybridized carbons (Fsp3) is 0.0556. The second-order valence-electron chi connectivity index (χ2n) is 4.86. The molecule has 0 atom stereocenters. The van der Waals surface area contributed by atoms with E-state index in [9.17, 15) is 9.90 Å². The van der Waals surface area contributed by atoms with Gasteiger partial charge in [-0.2, -0.15) is 0 Å². The number of carbonyl (C=O) groups is 1. The lowest BCUT2D eigenvalue weighted by atomic mass is 10.1. The van der Waals surface area contributed by atoms with Crippen molar-refractivity contribution in [2.45, 2.75) is 6.61 Å². The molecule has 110 valence electrons. The third kappa shape index (κ3) is 3.01. The first-order valence-corrected chi connectivity index (χ1v) is 6.92. The van der Waals surface area contributed by atoms with E-state index in [2.05, 4.69) is 5.32 Å². The van der Waals surface area contributed by atoms with Gasteiger partial charge in [0.1, 0.15) is 12.4 Å². The first-order valence-electron chi connectivity index (χ1n) is 6.92. The number of rotatable bonds is 3. The summed E-state index contributed by atoms with van der Waals surface area (Å²) in [4.78, 5) is 11.9. The van der Waals surface area contributed by atoms with E-state index in [-0.39, 0.29) is 12.4 Å². The average molecular weight is 293 g/mol. The van der Waals surface area contributed by atoms with Gasteiger partial charge in [0.2, 0.25) is 0 Å². The molecule has 22 heavy (non-hydrogen) atoms. The molecular formula is C18H15NO3. The number of nitrogens with one attached hydrogen (secondary N) is 1. The third-order valence-corrected chi connectivity index (χ3v) is 3.35. The highest BCUT2D eigenvalue weighted by molar-refractivity contribution is 6.02. The Morgan fingerprint density at radius 3 is 2.45 bits per heavy atom. The summed E-state index contributed by atoms with van der Waals surface area (Å²) < 4.78 is 5.20. The first-order chi connectivity index (χ1) is 10.7. The summed E-state index contributed by atoms with van der Waals surface area (Å²) in [5.41, 5.74) is 1.53. The van der Waals surface area contributed by atoms with E-state index < -0.39 is 6.09 Å². The molecule has 4 heteroatoms. The van der Waals surface area contributed by atoms with Gasteiger partial charge >= 0.3 is 6.09 Å². The van der Waals surface area contributed by atoms with Crippen LogP contribution in [0, 0.1) is 0 Å². The van der Waals surface area contributed by atoms with Crippen molar-refractivity contribution < 1.29 is 14.6 Å². The van der Waals surface area contributed by atoms with Gasteiger partial charge in [0.05, 0.1) is 5.69 Å². The number of anilines is 1. The second kappa shape index (κ2) is 6.18. The minimum atomic E-state index is -0.528. The average Bonchev–Trinajstić information content (AvgIpc) is 2.55. The number of phenols is 1. The van der Waals surface area contributed by atoms with E-state index in [4.69, 9.17) is 4.74 Å². The number of carbonyl (C=O) groups excluding carboxylic acids is 1. The molecule has 3 aromatic rings. The molecule has 0 saturated heterocycles. The Labute approximate surface area is 128 Å². The van der Waals surface area contributed by atoms with Gasteiger partial charge in [-0.05, 0) is 17.7 Å². The van der Waals surface area contributed by atoms with Crippen LogP contribution >= 0.6 is 0 Å². The van der Waals surface area contributed by atoms with E-state index >= 15 is 0 Å². The predicted molar refractivity (Wildman–Crippen MR) is 85.9 cm³/mol. The lowest BCUT2D eigenvalue weighted by Gasteiger charge is -2.10. The van der Waals surface area contributed by atoms with Gasteiger partial charge in [-0.1, -0.05) is 54.6 Å². The first kappa shape index (κ1) is 13.9. The van der Waals surface area contributed by atoms with E-state index in [1.165, 1.54) is 0 Å². The van der Waals surface area contributed by atoms with Crippen molar-refractivity contribution >= 4 is 22.6 Å². The quantitative estimate of drug-likeness (QED) is 0.757. The molecule has 1 amide bonds. The summed E-state index contributed by atoms with van der Waals surface area (Å²) in [5.74, 6) is 0.179. The van der Waals surface area contributed by atoms with Gasteiger partial charge in [0, 0.05) is 10.8 Å². The third-order valence-electron chi connectivity index (χ3n) is 3.35. The molecule has 0 heterocycles. The molecule has 0 aliphatic carbocycles. The maximum Gasteiger partial charge on any atom is 0.411 e. The SMILES string of the molecule is O=C(Nc1cccc2c(O)cccc12)OCc1ccccc1. The van der Waals surface area contributed by atoms with Crippen LogP contribution in [-0.2, 0) is 11.3 Å². The topological polar surface area (TPSA) is 58.6 Å². The number of fused-ring (bicyclic) bond motifs is 1. The molecule has 4 nitrogen and oxygen atoms in total. The molecule has 0 radical (unpaired) electrons. The minimum absolute atomic E-state index is 0.179. The van der Waals surface area contributed by atoms with E-state index in [1.54, 1.807) is 30.3 Å². The summed E-state index contributed by atoms with van der Waals surface area (Å²) in [5, 5.41) is 14.0. The smallest absolute Gasteiger partial charge is 0.411 e. The van der Waals surface area contributed by atoms with Crippen LogP contribution in [0.15, 0.2) is 66.7 Å². The van der Waals surface area contributed by atoms with Crippen molar-refractivity contribution in [3.63, 3.8) is 0 Å². The van der Waals surface area contributed by atoms with Crippen LogP contribution in [0.3, 0.4) is 0 Å². The van der Waals surface area contributed by atoms with E-state index in [1.807, 2.05) is 36.4 Å². The molecule has 2 N–H and O–H groups in total. The highest BCUT2D eigenvalue weighted by Crippen LogP contribution is 2.29. The molecule has 0 aliphatic rings. The van der Waals surface area contributed by atoms with Gasteiger partial charge in [-0.3, -0.25) is 5.32 Å². The maximum atomic E-state index is 11.9. The standard InChI is InChI=1S/C18H15NO3/c20-17-11-5-8-14-15(17)9-4-10-16(14)19-18(21)22-12-13-6-2-1-3-7-13/h1-11,20H,12H2,(H,19,21). The van der Waals surface area contributed by atoms with Crippen molar-refractivity contribution in [1.82, 2.24) is 0 Å². The summed E-state index contributed by atoms with van der Waals surface area (Å²) >= 11 is 0. The van der Waals surface area contributed by atoms with Crippen LogP contribution in [0.1, 0.15) is 5.56 Å². The molecule has 3 aromatic carbocycles. The molecule has 0 bridgehead atoms. The number of ether oxygens (including phenoxy) is 1. The summed E-state index contributed by atoms with van der Waals surface area (Å²) in [6, 6.07) is 20.0. The van der Waals surface area contributed by atoms with Crippen molar-refractivity contribution in [1.29, 1.82) is 0 Å². The zero-order chi connectivity index (χ0) is 15.4. The van der Waals surface area contributed by atoms with Crippen molar-refractivity contribution in [3.05, 3.63) is 72.3 Å². The summed E-state index contributed by atoms with van der Waals surface area (Å²) in [6.45, 7) is 0.211. The molecular weight excluding hydrogens is 278 g/mol. The predicted octanol–water partition coefficient (Wildman–Crippen LogP) is 4.29. The molecule has 0 unspecified atom stereocenters. The lowest BCUT2D eigenvalue weighted by molar-refractivity contribution is 0.155. The number of phenolic OH excluding ortho intramolecular Hbond substituents is 1. The number of hydrogen-bond donors (Lipinski definition) is 2. The van der Waals surface area contributed by atoms with Crippen LogP contribution in [0.25, 0.3) is 10.8 Å². The lowest BCUT2D eigenvalue weighted by Crippen LogP contribution is -2.13. The fourth-order valence-corrected chi connectivity index (χ4v) is 2.27. The molecule has 0 aromatic heterocycles. The van der Waals surface area contributed by atoms with Crippen LogP contribution < -0.4 is 5.32 Å². The monoisotopic (exact) mass is 293 g/mol. The van der Waals surface area contributed by atoms with Crippen LogP contribution in [-0.4, -0.2) is 11.2 Å². The summed E-state index contributed by atoms with van der Waals surface area (Å²) in [6.07, 6.45) is -0.528. The molecule has 0 saturated carbocycles. The fourth-order valence-electron chi connectivity index (χ4n) is 2.27. The number of amides is 1. The van der Waals surface area contributed by atoms with Crippen LogP contribution in [0.2, 0.25) is 0 Å². The highest BCUT2D eigenvalue weighted by atomic mass is 16.5. The second-order valence-corrected chi connectivity index (χ2v) is 4.86. The molecule has 0 fully saturated rings. The minimum Gasteiger partial charge on any atom is -0.507 e. The van der Waals surface area contributed by atoms with Crippen molar-refractivity contribution in [3.8, 4) is 5.75 Å². The largest absolute Gasteiger partial charge is 0.507 e. The van der Waals surface area contributed by atoms with E-state index in [0.717, 1.165) is 10.9 Å². The van der Waals surface area contributed by atoms with Gasteiger partial charge in [0.15, 0.2) is 0 Å². The number of hydrogen-bond acceptors (Lipinski definition) is 3.